The molecule has 5 nitrogen and oxygen atoms in total. The molecule has 0 bridgehead atoms. The molecule has 1 aromatic rings. The standard InChI is InChI=1S/C13H16F2N2O3/c1-3-6-12(2,16)11(18)17-8-4-5-9-10(7-8)20-13(14,15)19-9/h4-5,7H,3,6,16H2,1-2H3,(H,17,18). The minimum atomic E-state index is -3.67. The van der Waals surface area contributed by atoms with Crippen molar-refractivity contribution >= 4 is 11.6 Å². The topological polar surface area (TPSA) is 73.6 Å². The molecule has 1 aromatic carbocycles. The number of rotatable bonds is 4. The molecule has 1 amide bonds. The largest absolute Gasteiger partial charge is 0.586 e. The molecule has 0 spiro atoms. The van der Waals surface area contributed by atoms with Gasteiger partial charge in [0.25, 0.3) is 0 Å². The molecule has 0 saturated carbocycles. The third kappa shape index (κ3) is 2.98. The maximum atomic E-state index is 12.9. The second kappa shape index (κ2) is 4.90. The number of hydrogen-bond acceptors (Lipinski definition) is 4. The Morgan fingerprint density at radius 1 is 1.40 bits per heavy atom. The highest BCUT2D eigenvalue weighted by atomic mass is 19.3. The Hall–Kier alpha value is -1.89. The minimum absolute atomic E-state index is 0.0722. The van der Waals surface area contributed by atoms with Gasteiger partial charge in [-0.1, -0.05) is 13.3 Å². The van der Waals surface area contributed by atoms with E-state index in [4.69, 9.17) is 5.73 Å². The number of hydrogen-bond donors (Lipinski definition) is 2. The molecule has 0 aliphatic carbocycles. The summed E-state index contributed by atoms with van der Waals surface area (Å²) in [7, 11) is 0. The van der Waals surface area contributed by atoms with Gasteiger partial charge in [-0.15, -0.1) is 8.78 Å². The first-order chi connectivity index (χ1) is 9.23. The molecule has 2 rings (SSSR count). The lowest BCUT2D eigenvalue weighted by atomic mass is 9.96. The van der Waals surface area contributed by atoms with Crippen LogP contribution < -0.4 is 20.5 Å². The molecule has 7 heteroatoms. The second-order valence-electron chi connectivity index (χ2n) is 4.95. The number of amides is 1. The number of carbonyl (C=O) groups excluding carboxylic acids is 1. The molecule has 1 aliphatic rings. The number of alkyl halides is 2. The molecule has 0 radical (unpaired) electrons. The molecule has 3 N–H and O–H groups in total. The number of ether oxygens (including phenoxy) is 2. The highest BCUT2D eigenvalue weighted by Gasteiger charge is 2.43. The van der Waals surface area contributed by atoms with E-state index in [9.17, 15) is 13.6 Å². The summed E-state index contributed by atoms with van der Waals surface area (Å²) in [5.41, 5.74) is 5.19. The predicted molar refractivity (Wildman–Crippen MR) is 68.8 cm³/mol. The van der Waals surface area contributed by atoms with Crippen LogP contribution in [0.5, 0.6) is 11.5 Å². The van der Waals surface area contributed by atoms with Gasteiger partial charge in [-0.3, -0.25) is 4.79 Å². The first kappa shape index (κ1) is 14.5. The van der Waals surface area contributed by atoms with Gasteiger partial charge in [-0.25, -0.2) is 0 Å². The van der Waals surface area contributed by atoms with Crippen molar-refractivity contribution in [3.05, 3.63) is 18.2 Å². The lowest BCUT2D eigenvalue weighted by Gasteiger charge is -2.22. The quantitative estimate of drug-likeness (QED) is 0.891. The normalized spacial score (nSPS) is 18.4. The number of nitrogens with two attached hydrogens (primary N) is 1. The SMILES string of the molecule is CCCC(C)(N)C(=O)Nc1ccc2c(c1)OC(F)(F)O2. The fourth-order valence-corrected chi connectivity index (χ4v) is 1.93. The van der Waals surface area contributed by atoms with Crippen molar-refractivity contribution in [1.29, 1.82) is 0 Å². The van der Waals surface area contributed by atoms with Crippen molar-refractivity contribution in [2.45, 2.75) is 38.5 Å². The van der Waals surface area contributed by atoms with Crippen molar-refractivity contribution in [2.75, 3.05) is 5.32 Å². The van der Waals surface area contributed by atoms with E-state index in [1.54, 1.807) is 6.92 Å². The highest BCUT2D eigenvalue weighted by Crippen LogP contribution is 2.42. The molecule has 20 heavy (non-hydrogen) atoms. The van der Waals surface area contributed by atoms with Crippen molar-refractivity contribution < 1.29 is 23.0 Å². The number of benzene rings is 1. The molecule has 110 valence electrons. The van der Waals surface area contributed by atoms with Crippen LogP contribution in [-0.2, 0) is 4.79 Å². The van der Waals surface area contributed by atoms with Crippen LogP contribution in [-0.4, -0.2) is 17.7 Å². The lowest BCUT2D eigenvalue weighted by Crippen LogP contribution is -2.48. The fraction of sp³-hybridized carbons (Fsp3) is 0.462. The van der Waals surface area contributed by atoms with E-state index < -0.39 is 11.8 Å². The molecule has 0 aromatic heterocycles. The van der Waals surface area contributed by atoms with Gasteiger partial charge in [-0.05, 0) is 25.5 Å². The number of nitrogens with one attached hydrogen (secondary N) is 1. The summed E-state index contributed by atoms with van der Waals surface area (Å²) in [6, 6.07) is 4.03. The van der Waals surface area contributed by atoms with Crippen molar-refractivity contribution in [3.63, 3.8) is 0 Å². The first-order valence-electron chi connectivity index (χ1n) is 6.24. The van der Waals surface area contributed by atoms with Crippen LogP contribution in [0.3, 0.4) is 0 Å². The van der Waals surface area contributed by atoms with Gasteiger partial charge in [0, 0.05) is 11.8 Å². The van der Waals surface area contributed by atoms with Gasteiger partial charge in [0.15, 0.2) is 11.5 Å². The van der Waals surface area contributed by atoms with Crippen LogP contribution in [0.25, 0.3) is 0 Å². The summed E-state index contributed by atoms with van der Waals surface area (Å²) in [5.74, 6) is -0.580. The van der Waals surface area contributed by atoms with Gasteiger partial charge in [0.2, 0.25) is 5.91 Å². The van der Waals surface area contributed by atoms with Crippen molar-refractivity contribution in [1.82, 2.24) is 0 Å². The molecule has 1 heterocycles. The Labute approximate surface area is 115 Å². The Kier molecular flexibility index (Phi) is 3.56. The third-order valence-electron chi connectivity index (χ3n) is 2.95. The Balaban J connectivity index is 2.11. The monoisotopic (exact) mass is 286 g/mol. The summed E-state index contributed by atoms with van der Waals surface area (Å²) >= 11 is 0. The fourth-order valence-electron chi connectivity index (χ4n) is 1.93. The Morgan fingerprint density at radius 3 is 2.70 bits per heavy atom. The molecular formula is C13H16F2N2O3. The summed E-state index contributed by atoms with van der Waals surface area (Å²) in [5, 5.41) is 2.58. The maximum Gasteiger partial charge on any atom is 0.586 e. The maximum absolute atomic E-state index is 12.9. The molecule has 1 atom stereocenters. The number of carbonyl (C=O) groups is 1. The van der Waals surface area contributed by atoms with Crippen LogP contribution >= 0.6 is 0 Å². The van der Waals surface area contributed by atoms with Crippen LogP contribution in [0.4, 0.5) is 14.5 Å². The molecule has 1 aliphatic heterocycles. The van der Waals surface area contributed by atoms with Crippen LogP contribution in [0.2, 0.25) is 0 Å². The van der Waals surface area contributed by atoms with Crippen molar-refractivity contribution in [2.24, 2.45) is 5.73 Å². The first-order valence-corrected chi connectivity index (χ1v) is 6.24. The third-order valence-corrected chi connectivity index (χ3v) is 2.95. The molecule has 0 fully saturated rings. The van der Waals surface area contributed by atoms with Crippen molar-refractivity contribution in [3.8, 4) is 11.5 Å². The van der Waals surface area contributed by atoms with Gasteiger partial charge in [0.1, 0.15) is 0 Å². The summed E-state index contributed by atoms with van der Waals surface area (Å²) in [6.45, 7) is 3.54. The zero-order valence-electron chi connectivity index (χ0n) is 11.2. The van der Waals surface area contributed by atoms with Gasteiger partial charge >= 0.3 is 6.29 Å². The Morgan fingerprint density at radius 2 is 2.05 bits per heavy atom. The van der Waals surface area contributed by atoms with Crippen LogP contribution in [0, 0.1) is 0 Å². The average molecular weight is 286 g/mol. The van der Waals surface area contributed by atoms with E-state index >= 15 is 0 Å². The van der Waals surface area contributed by atoms with Crippen LogP contribution in [0.15, 0.2) is 18.2 Å². The zero-order valence-corrected chi connectivity index (χ0v) is 11.2. The summed E-state index contributed by atoms with van der Waals surface area (Å²) in [6.07, 6.45) is -2.40. The minimum Gasteiger partial charge on any atom is -0.395 e. The van der Waals surface area contributed by atoms with E-state index in [0.717, 1.165) is 6.42 Å². The zero-order chi connectivity index (χ0) is 15.0. The van der Waals surface area contributed by atoms with Crippen LogP contribution in [0.1, 0.15) is 26.7 Å². The summed E-state index contributed by atoms with van der Waals surface area (Å²) in [4.78, 5) is 12.0. The summed E-state index contributed by atoms with van der Waals surface area (Å²) < 4.78 is 34.3. The molecule has 0 saturated heterocycles. The smallest absolute Gasteiger partial charge is 0.395 e. The Bertz CT molecular complexity index is 532. The number of anilines is 1. The average Bonchev–Trinajstić information content (AvgIpc) is 2.62. The number of fused-ring (bicyclic) bond motifs is 1. The van der Waals surface area contributed by atoms with E-state index in [0.29, 0.717) is 12.1 Å². The second-order valence-corrected chi connectivity index (χ2v) is 4.95. The predicted octanol–water partition coefficient (Wildman–Crippen LogP) is 2.46. The van der Waals surface area contributed by atoms with E-state index in [2.05, 4.69) is 14.8 Å². The highest BCUT2D eigenvalue weighted by molar-refractivity contribution is 5.97. The van der Waals surface area contributed by atoms with E-state index in [-0.39, 0.29) is 17.4 Å². The van der Waals surface area contributed by atoms with E-state index in [1.165, 1.54) is 18.2 Å². The van der Waals surface area contributed by atoms with Gasteiger partial charge in [0.05, 0.1) is 5.54 Å². The van der Waals surface area contributed by atoms with Gasteiger partial charge in [-0.2, -0.15) is 0 Å². The molecule has 1 unspecified atom stereocenters. The lowest BCUT2D eigenvalue weighted by molar-refractivity contribution is -0.286. The number of halogens is 2. The van der Waals surface area contributed by atoms with Gasteiger partial charge < -0.3 is 20.5 Å². The molecular weight excluding hydrogens is 270 g/mol. The van der Waals surface area contributed by atoms with E-state index in [1.807, 2.05) is 6.92 Å².